The van der Waals surface area contributed by atoms with Crippen LogP contribution in [0.1, 0.15) is 20.3 Å². The first-order chi connectivity index (χ1) is 8.49. The van der Waals surface area contributed by atoms with Crippen LogP contribution in [-0.4, -0.2) is 71.1 Å². The Bertz CT molecular complexity index is 301. The van der Waals surface area contributed by atoms with Crippen molar-refractivity contribution in [2.45, 2.75) is 26.3 Å². The third kappa shape index (κ3) is 3.39. The molecule has 1 N–H and O–H groups in total. The van der Waals surface area contributed by atoms with E-state index in [1.54, 1.807) is 0 Å². The molecule has 0 amide bonds. The fraction of sp³-hybridized carbons (Fsp3) is 0.923. The van der Waals surface area contributed by atoms with Crippen LogP contribution < -0.4 is 0 Å². The zero-order chi connectivity index (χ0) is 13.2. The van der Waals surface area contributed by atoms with Gasteiger partial charge in [-0.15, -0.1) is 0 Å². The number of carbonyl (C=O) groups is 1. The number of nitrogens with zero attached hydrogens (tertiary/aromatic N) is 2. The average molecular weight is 272 g/mol. The highest BCUT2D eigenvalue weighted by molar-refractivity contribution is 7.99. The van der Waals surface area contributed by atoms with Gasteiger partial charge in [-0.3, -0.25) is 14.6 Å². The zero-order valence-corrected chi connectivity index (χ0v) is 12.2. The Balaban J connectivity index is 1.87. The predicted molar refractivity (Wildman–Crippen MR) is 75.2 cm³/mol. The Morgan fingerprint density at radius 2 is 2.00 bits per heavy atom. The van der Waals surface area contributed by atoms with Gasteiger partial charge in [-0.2, -0.15) is 11.8 Å². The summed E-state index contributed by atoms with van der Waals surface area (Å²) in [6.07, 6.45) is 1.29. The van der Waals surface area contributed by atoms with Gasteiger partial charge < -0.3 is 5.11 Å². The fourth-order valence-electron chi connectivity index (χ4n) is 2.95. The quantitative estimate of drug-likeness (QED) is 0.837. The number of hydrogen-bond acceptors (Lipinski definition) is 4. The fourth-order valence-corrected chi connectivity index (χ4v) is 4.67. The lowest BCUT2D eigenvalue weighted by molar-refractivity contribution is -0.138. The van der Waals surface area contributed by atoms with Gasteiger partial charge in [0.25, 0.3) is 0 Å². The summed E-state index contributed by atoms with van der Waals surface area (Å²) in [5.74, 6) is 1.80. The van der Waals surface area contributed by atoms with E-state index < -0.39 is 5.97 Å². The molecular formula is C13H24N2O2S. The summed E-state index contributed by atoms with van der Waals surface area (Å²) in [5.41, 5.74) is 0.403. The van der Waals surface area contributed by atoms with E-state index >= 15 is 0 Å². The van der Waals surface area contributed by atoms with Crippen LogP contribution in [0.25, 0.3) is 0 Å². The minimum absolute atomic E-state index is 0.191. The molecule has 0 saturated carbocycles. The third-order valence-corrected chi connectivity index (χ3v) is 5.32. The van der Waals surface area contributed by atoms with E-state index in [1.165, 1.54) is 17.9 Å². The molecule has 18 heavy (non-hydrogen) atoms. The van der Waals surface area contributed by atoms with E-state index in [2.05, 4.69) is 30.5 Å². The van der Waals surface area contributed by atoms with Gasteiger partial charge in [0.05, 0.1) is 6.54 Å². The molecule has 2 heterocycles. The highest BCUT2D eigenvalue weighted by atomic mass is 32.2. The summed E-state index contributed by atoms with van der Waals surface area (Å²) in [7, 11) is 0. The molecule has 0 aromatic carbocycles. The zero-order valence-electron chi connectivity index (χ0n) is 11.4. The van der Waals surface area contributed by atoms with Crippen LogP contribution in [0.5, 0.6) is 0 Å². The van der Waals surface area contributed by atoms with Crippen LogP contribution in [0, 0.1) is 5.41 Å². The van der Waals surface area contributed by atoms with Crippen molar-refractivity contribution in [3.63, 3.8) is 0 Å². The Labute approximate surface area is 114 Å². The Kier molecular flexibility index (Phi) is 4.56. The number of carboxylic acids is 1. The molecular weight excluding hydrogens is 248 g/mol. The lowest BCUT2D eigenvalue weighted by atomic mass is 9.81. The number of hydrogen-bond donors (Lipinski definition) is 1. The molecule has 2 aliphatic rings. The van der Waals surface area contributed by atoms with Crippen LogP contribution in [0.15, 0.2) is 0 Å². The van der Waals surface area contributed by atoms with Crippen molar-refractivity contribution in [1.29, 1.82) is 0 Å². The molecule has 0 aromatic rings. The molecule has 0 aliphatic carbocycles. The first-order valence-corrected chi connectivity index (χ1v) is 7.90. The highest BCUT2D eigenvalue weighted by Crippen LogP contribution is 2.37. The second-order valence-corrected chi connectivity index (χ2v) is 7.18. The maximum atomic E-state index is 10.7. The number of aliphatic carboxylic acids is 1. The van der Waals surface area contributed by atoms with E-state index in [4.69, 9.17) is 5.11 Å². The molecule has 1 atom stereocenters. The van der Waals surface area contributed by atoms with Crippen LogP contribution in [0.3, 0.4) is 0 Å². The van der Waals surface area contributed by atoms with E-state index in [0.717, 1.165) is 26.2 Å². The van der Waals surface area contributed by atoms with Gasteiger partial charge in [0.2, 0.25) is 0 Å². The molecule has 1 unspecified atom stereocenters. The van der Waals surface area contributed by atoms with Crippen molar-refractivity contribution in [2.75, 3.05) is 44.2 Å². The van der Waals surface area contributed by atoms with Gasteiger partial charge in [0.15, 0.2) is 0 Å². The van der Waals surface area contributed by atoms with Crippen molar-refractivity contribution < 1.29 is 9.90 Å². The standard InChI is InChI=1S/C13H24N2O2S/c1-13(2)3-8-18-10-11(13)15-6-4-14(5-7-15)9-12(16)17/h11H,3-10H2,1-2H3,(H,16,17). The molecule has 104 valence electrons. The topological polar surface area (TPSA) is 43.8 Å². The largest absolute Gasteiger partial charge is 0.480 e. The number of piperazine rings is 1. The van der Waals surface area contributed by atoms with Crippen LogP contribution >= 0.6 is 11.8 Å². The van der Waals surface area contributed by atoms with Crippen molar-refractivity contribution in [3.05, 3.63) is 0 Å². The molecule has 4 nitrogen and oxygen atoms in total. The summed E-state index contributed by atoms with van der Waals surface area (Å²) >= 11 is 2.06. The first-order valence-electron chi connectivity index (χ1n) is 6.75. The smallest absolute Gasteiger partial charge is 0.317 e. The Morgan fingerprint density at radius 3 is 2.56 bits per heavy atom. The second-order valence-electron chi connectivity index (χ2n) is 6.04. The van der Waals surface area contributed by atoms with Gasteiger partial charge in [0, 0.05) is 38.0 Å². The molecule has 2 saturated heterocycles. The number of rotatable bonds is 3. The molecule has 0 spiro atoms. The summed E-state index contributed by atoms with van der Waals surface area (Å²) in [6, 6.07) is 0.656. The summed E-state index contributed by atoms with van der Waals surface area (Å²) in [5, 5.41) is 8.80. The van der Waals surface area contributed by atoms with Crippen LogP contribution in [0.4, 0.5) is 0 Å². The molecule has 0 bridgehead atoms. The van der Waals surface area contributed by atoms with E-state index in [0.29, 0.717) is 11.5 Å². The van der Waals surface area contributed by atoms with Crippen LogP contribution in [0.2, 0.25) is 0 Å². The minimum Gasteiger partial charge on any atom is -0.480 e. The van der Waals surface area contributed by atoms with Crippen molar-refractivity contribution >= 4 is 17.7 Å². The van der Waals surface area contributed by atoms with Crippen molar-refractivity contribution in [3.8, 4) is 0 Å². The maximum absolute atomic E-state index is 10.7. The molecule has 2 rings (SSSR count). The normalized spacial score (nSPS) is 30.2. The number of thioether (sulfide) groups is 1. The third-order valence-electron chi connectivity index (χ3n) is 4.28. The Hall–Kier alpha value is -0.260. The minimum atomic E-state index is -0.711. The van der Waals surface area contributed by atoms with Gasteiger partial charge in [-0.05, 0) is 17.6 Å². The van der Waals surface area contributed by atoms with Crippen molar-refractivity contribution in [2.24, 2.45) is 5.41 Å². The van der Waals surface area contributed by atoms with Gasteiger partial charge >= 0.3 is 5.97 Å². The Morgan fingerprint density at radius 1 is 1.33 bits per heavy atom. The van der Waals surface area contributed by atoms with Gasteiger partial charge in [-0.1, -0.05) is 13.8 Å². The van der Waals surface area contributed by atoms with Gasteiger partial charge in [0.1, 0.15) is 0 Å². The molecule has 0 radical (unpaired) electrons. The average Bonchev–Trinajstić information content (AvgIpc) is 2.29. The van der Waals surface area contributed by atoms with E-state index in [1.807, 2.05) is 4.90 Å². The molecule has 5 heteroatoms. The van der Waals surface area contributed by atoms with Gasteiger partial charge in [-0.25, -0.2) is 0 Å². The lowest BCUT2D eigenvalue weighted by Gasteiger charge is -2.47. The summed E-state index contributed by atoms with van der Waals surface area (Å²) in [4.78, 5) is 15.3. The summed E-state index contributed by atoms with van der Waals surface area (Å²) < 4.78 is 0. The SMILES string of the molecule is CC1(C)CCSCC1N1CCN(CC(=O)O)CC1. The molecule has 0 aromatic heterocycles. The second kappa shape index (κ2) is 5.80. The maximum Gasteiger partial charge on any atom is 0.317 e. The van der Waals surface area contributed by atoms with Crippen molar-refractivity contribution in [1.82, 2.24) is 9.80 Å². The molecule has 2 fully saturated rings. The van der Waals surface area contributed by atoms with E-state index in [-0.39, 0.29) is 6.54 Å². The monoisotopic (exact) mass is 272 g/mol. The summed E-state index contributed by atoms with van der Waals surface area (Å²) in [6.45, 7) is 8.76. The first kappa shape index (κ1) is 14.2. The molecule has 2 aliphatic heterocycles. The van der Waals surface area contributed by atoms with E-state index in [9.17, 15) is 4.79 Å². The van der Waals surface area contributed by atoms with Crippen LogP contribution in [-0.2, 0) is 4.79 Å². The lowest BCUT2D eigenvalue weighted by Crippen LogP contribution is -2.57. The predicted octanol–water partition coefficient (Wildman–Crippen LogP) is 1.22. The number of carboxylic acid groups (broad SMARTS) is 1. The highest BCUT2D eigenvalue weighted by Gasteiger charge is 2.37.